The standard InChI is InChI=1S/C29H36N2O2S.C10H14.Ru/c1-19(2)24-17-25(20(3)4)29(26(18-24)21(5)6)34(32,33)31-28(23-15-11-8-12-16-23)27(30)22-13-9-7-10-14-22;1-8(2)10-6-4-9(3)5-7-10;/h7-21,27-28,30H,1-6H3;4-8H,1-3H3;/q-2;;+2/t27-,28-;;/m0../s1. The first-order valence-corrected chi connectivity index (χ1v) is 17.2. The molecule has 0 bridgehead atoms. The van der Waals surface area contributed by atoms with Crippen LogP contribution in [0.25, 0.3) is 10.5 Å². The molecule has 4 rings (SSSR count). The third kappa shape index (κ3) is 10.4. The number of sulfonamides is 1. The van der Waals surface area contributed by atoms with Gasteiger partial charge in [-0.1, -0.05) is 169 Å². The van der Waals surface area contributed by atoms with Crippen molar-refractivity contribution in [3.8, 4) is 0 Å². The Kier molecular flexibility index (Phi) is 14.9. The Balaban J connectivity index is 0.000000546. The molecule has 0 saturated carbocycles. The van der Waals surface area contributed by atoms with Crippen molar-refractivity contribution in [2.24, 2.45) is 0 Å². The molecular weight excluding hydrogens is 662 g/mol. The quantitative estimate of drug-likeness (QED) is 0.154. The first-order chi connectivity index (χ1) is 20.7. The number of hydrogen-bond acceptors (Lipinski definition) is 2. The Morgan fingerprint density at radius 1 is 0.556 bits per heavy atom. The van der Waals surface area contributed by atoms with Crippen LogP contribution in [0.2, 0.25) is 0 Å². The van der Waals surface area contributed by atoms with Gasteiger partial charge in [-0.15, -0.1) is 12.1 Å². The molecule has 0 aliphatic carbocycles. The smallest absolute Gasteiger partial charge is 0.672 e. The molecule has 0 aromatic heterocycles. The van der Waals surface area contributed by atoms with Crippen molar-refractivity contribution >= 4 is 10.0 Å². The van der Waals surface area contributed by atoms with Crippen LogP contribution in [-0.4, -0.2) is 8.42 Å². The van der Waals surface area contributed by atoms with E-state index in [1.54, 1.807) is 0 Å². The van der Waals surface area contributed by atoms with Crippen molar-refractivity contribution in [2.75, 3.05) is 0 Å². The molecule has 0 radical (unpaired) electrons. The van der Waals surface area contributed by atoms with Gasteiger partial charge in [0.2, 0.25) is 0 Å². The fourth-order valence-corrected chi connectivity index (χ4v) is 6.98. The van der Waals surface area contributed by atoms with Gasteiger partial charge in [0.1, 0.15) is 10.0 Å². The van der Waals surface area contributed by atoms with E-state index in [-0.39, 0.29) is 37.2 Å². The summed E-state index contributed by atoms with van der Waals surface area (Å²) in [4.78, 5) is 0.308. The summed E-state index contributed by atoms with van der Waals surface area (Å²) in [6.45, 7) is 18.9. The Morgan fingerprint density at radius 3 is 1.38 bits per heavy atom. The molecule has 0 spiro atoms. The van der Waals surface area contributed by atoms with Crippen LogP contribution >= 0.6 is 0 Å². The van der Waals surface area contributed by atoms with E-state index in [4.69, 9.17) is 5.73 Å². The molecule has 45 heavy (non-hydrogen) atoms. The molecule has 0 unspecified atom stereocenters. The van der Waals surface area contributed by atoms with E-state index in [1.165, 1.54) is 11.1 Å². The van der Waals surface area contributed by atoms with Crippen LogP contribution in [0.5, 0.6) is 0 Å². The van der Waals surface area contributed by atoms with Crippen LogP contribution in [0.15, 0.2) is 102 Å². The molecule has 0 fully saturated rings. The summed E-state index contributed by atoms with van der Waals surface area (Å²) in [5.41, 5.74) is 15.9. The summed E-state index contributed by atoms with van der Waals surface area (Å²) in [6, 6.07) is 29.7. The van der Waals surface area contributed by atoms with Crippen molar-refractivity contribution in [1.29, 1.82) is 0 Å². The van der Waals surface area contributed by atoms with Crippen molar-refractivity contribution in [3.05, 3.63) is 146 Å². The minimum Gasteiger partial charge on any atom is -0.672 e. The number of benzene rings is 4. The number of aryl methyl sites for hydroxylation is 1. The molecule has 1 N–H and O–H groups in total. The fourth-order valence-electron chi connectivity index (χ4n) is 5.15. The van der Waals surface area contributed by atoms with Crippen molar-refractivity contribution < 1.29 is 27.9 Å². The van der Waals surface area contributed by atoms with E-state index >= 15 is 0 Å². The van der Waals surface area contributed by atoms with E-state index < -0.39 is 22.1 Å². The molecule has 0 amide bonds. The Morgan fingerprint density at radius 2 is 0.978 bits per heavy atom. The molecule has 0 heterocycles. The second-order valence-corrected chi connectivity index (χ2v) is 14.5. The van der Waals surface area contributed by atoms with E-state index in [1.807, 2.05) is 100 Å². The summed E-state index contributed by atoms with van der Waals surface area (Å²) < 4.78 is 32.5. The molecule has 4 aromatic rings. The van der Waals surface area contributed by atoms with Crippen LogP contribution in [0.3, 0.4) is 0 Å². The van der Waals surface area contributed by atoms with Gasteiger partial charge in [0.05, 0.1) is 4.90 Å². The molecular formula is C39H50N2O2RuS. The third-order valence-electron chi connectivity index (χ3n) is 7.95. The predicted octanol–water partition coefficient (Wildman–Crippen LogP) is 11.8. The summed E-state index contributed by atoms with van der Waals surface area (Å²) in [7, 11) is -4.05. The van der Waals surface area contributed by atoms with Crippen LogP contribution in [0.4, 0.5) is 0 Å². The zero-order chi connectivity index (χ0) is 32.6. The zero-order valence-electron chi connectivity index (χ0n) is 28.2. The Hall–Kier alpha value is -2.63. The first kappa shape index (κ1) is 38.6. The summed E-state index contributed by atoms with van der Waals surface area (Å²) in [5, 5.41) is 0. The summed E-state index contributed by atoms with van der Waals surface area (Å²) >= 11 is 0. The van der Waals surface area contributed by atoms with E-state index in [2.05, 4.69) is 63.6 Å². The minimum atomic E-state index is -4.05. The van der Waals surface area contributed by atoms with Gasteiger partial charge in [-0.2, -0.15) is 0 Å². The summed E-state index contributed by atoms with van der Waals surface area (Å²) in [5.74, 6) is 0.983. The van der Waals surface area contributed by atoms with E-state index in [9.17, 15) is 8.42 Å². The van der Waals surface area contributed by atoms with Gasteiger partial charge in [-0.3, -0.25) is 0 Å². The van der Waals surface area contributed by atoms with Crippen molar-refractivity contribution in [1.82, 2.24) is 0 Å². The number of hydrogen-bond donors (Lipinski definition) is 0. The molecule has 242 valence electrons. The van der Waals surface area contributed by atoms with Gasteiger partial charge in [-0.25, -0.2) is 8.42 Å². The molecule has 0 saturated heterocycles. The maximum Gasteiger partial charge on any atom is 2.00 e. The SMILES string of the molecule is CC(C)c1cc(C(C)C)c(S(=O)(=O)[N-][C@@H](c2ccccc2)[C@@H]([NH-])c2ccccc2)c(C(C)C)c1.Cc1ccc(C(C)C)cc1.[Ru+2]. The molecule has 4 aromatic carbocycles. The third-order valence-corrected chi connectivity index (χ3v) is 9.44. The number of rotatable bonds is 10. The van der Waals surface area contributed by atoms with Gasteiger partial charge in [0.25, 0.3) is 0 Å². The molecule has 2 atom stereocenters. The van der Waals surface area contributed by atoms with E-state index in [0.717, 1.165) is 22.3 Å². The topological polar surface area (TPSA) is 72.0 Å². The number of nitrogens with zero attached hydrogens (tertiary/aromatic N) is 1. The molecule has 0 aliphatic heterocycles. The van der Waals surface area contributed by atoms with Crippen LogP contribution in [0.1, 0.15) is 130 Å². The average Bonchev–Trinajstić information content (AvgIpc) is 3.00. The Labute approximate surface area is 286 Å². The number of nitrogens with one attached hydrogen (secondary N) is 1. The van der Waals surface area contributed by atoms with Gasteiger partial charge < -0.3 is 10.5 Å². The minimum absolute atomic E-state index is 0. The van der Waals surface area contributed by atoms with Crippen LogP contribution in [0, 0.1) is 6.92 Å². The normalized spacial score (nSPS) is 12.9. The van der Waals surface area contributed by atoms with Crippen LogP contribution in [-0.2, 0) is 29.5 Å². The molecule has 4 nitrogen and oxygen atoms in total. The van der Waals surface area contributed by atoms with Gasteiger partial charge in [0.15, 0.2) is 0 Å². The van der Waals surface area contributed by atoms with Crippen LogP contribution < -0.4 is 0 Å². The fraction of sp³-hybridized carbons (Fsp3) is 0.385. The van der Waals surface area contributed by atoms with Crippen molar-refractivity contribution in [2.45, 2.75) is 103 Å². The van der Waals surface area contributed by atoms with E-state index in [0.29, 0.717) is 16.4 Å². The summed E-state index contributed by atoms with van der Waals surface area (Å²) in [6.07, 6.45) is 0. The average molecular weight is 712 g/mol. The van der Waals surface area contributed by atoms with Crippen molar-refractivity contribution in [3.63, 3.8) is 0 Å². The zero-order valence-corrected chi connectivity index (χ0v) is 30.8. The Bertz CT molecular complexity index is 1540. The second-order valence-electron chi connectivity index (χ2n) is 12.9. The monoisotopic (exact) mass is 712 g/mol. The van der Waals surface area contributed by atoms with Gasteiger partial charge >= 0.3 is 19.5 Å². The largest absolute Gasteiger partial charge is 2.00 e. The van der Waals surface area contributed by atoms with Gasteiger partial charge in [0, 0.05) is 0 Å². The molecule has 6 heteroatoms. The first-order valence-electron chi connectivity index (χ1n) is 15.7. The molecule has 0 aliphatic rings. The maximum atomic E-state index is 14.0. The maximum absolute atomic E-state index is 14.0. The predicted molar refractivity (Wildman–Crippen MR) is 187 cm³/mol. The van der Waals surface area contributed by atoms with Gasteiger partial charge in [-0.05, 0) is 52.8 Å². The second kappa shape index (κ2) is 17.3.